The van der Waals surface area contributed by atoms with Crippen LogP contribution >= 0.6 is 0 Å². The average Bonchev–Trinajstić information content (AvgIpc) is 2.50. The first-order valence-electron chi connectivity index (χ1n) is 6.82. The average molecular weight is 303 g/mol. The second kappa shape index (κ2) is 6.84. The molecule has 1 N–H and O–H groups in total. The van der Waals surface area contributed by atoms with Crippen LogP contribution < -0.4 is 10.7 Å². The Kier molecular flexibility index (Phi) is 4.88. The maximum Gasteiger partial charge on any atom is 0.307 e. The molecule has 0 radical (unpaired) electrons. The number of ether oxygens (including phenoxy) is 1. The van der Waals surface area contributed by atoms with Crippen LogP contribution in [-0.4, -0.2) is 34.8 Å². The summed E-state index contributed by atoms with van der Waals surface area (Å²) in [6, 6.07) is 6.61. The smallest absolute Gasteiger partial charge is 0.307 e. The molecular weight excluding hydrogens is 286 g/mol. The molecule has 22 heavy (non-hydrogen) atoms. The highest BCUT2D eigenvalue weighted by Crippen LogP contribution is 2.07. The highest BCUT2D eigenvalue weighted by molar-refractivity contribution is 5.82. The molecule has 0 fully saturated rings. The molecule has 0 aliphatic carbocycles. The molecule has 0 saturated carbocycles. The van der Waals surface area contributed by atoms with Crippen LogP contribution in [0.1, 0.15) is 13.3 Å². The van der Waals surface area contributed by atoms with E-state index in [-0.39, 0.29) is 36.3 Å². The number of rotatable bonds is 5. The number of carbonyl (C=O) groups excluding carboxylic acids is 2. The summed E-state index contributed by atoms with van der Waals surface area (Å²) in [5.74, 6) is -0.683. The van der Waals surface area contributed by atoms with E-state index in [9.17, 15) is 14.4 Å². The summed E-state index contributed by atoms with van der Waals surface area (Å²) < 4.78 is 6.00. The van der Waals surface area contributed by atoms with E-state index in [1.807, 2.05) is 0 Å². The minimum absolute atomic E-state index is 0.0354. The Labute approximate surface area is 126 Å². The summed E-state index contributed by atoms with van der Waals surface area (Å²) in [6.07, 6.45) is 1.29. The molecule has 0 aliphatic heterocycles. The molecule has 7 heteroatoms. The van der Waals surface area contributed by atoms with Crippen LogP contribution in [0.3, 0.4) is 0 Å². The second-order valence-corrected chi connectivity index (χ2v) is 4.93. The van der Waals surface area contributed by atoms with E-state index in [1.165, 1.54) is 18.0 Å². The molecule has 7 nitrogen and oxygen atoms in total. The van der Waals surface area contributed by atoms with Gasteiger partial charge in [0.1, 0.15) is 6.54 Å². The van der Waals surface area contributed by atoms with Crippen molar-refractivity contribution in [2.45, 2.75) is 25.9 Å². The van der Waals surface area contributed by atoms with Gasteiger partial charge in [0.2, 0.25) is 11.3 Å². The molecule has 2 aromatic rings. The van der Waals surface area contributed by atoms with Crippen molar-refractivity contribution in [2.24, 2.45) is 0 Å². The van der Waals surface area contributed by atoms with Crippen molar-refractivity contribution in [3.05, 3.63) is 40.7 Å². The number of fused-ring (bicyclic) bond motifs is 1. The number of nitrogens with one attached hydrogen (secondary N) is 1. The highest BCUT2D eigenvalue weighted by atomic mass is 16.5. The van der Waals surface area contributed by atoms with Crippen molar-refractivity contribution >= 4 is 22.8 Å². The molecule has 1 amide bonds. The Hall–Kier alpha value is -2.70. The number of carbonyl (C=O) groups is 2. The van der Waals surface area contributed by atoms with Gasteiger partial charge < -0.3 is 10.1 Å². The van der Waals surface area contributed by atoms with Gasteiger partial charge in [-0.1, -0.05) is 12.1 Å². The number of methoxy groups -OCH3 is 1. The zero-order valence-corrected chi connectivity index (χ0v) is 12.4. The molecule has 2 rings (SSSR count). The Bertz CT molecular complexity index is 754. The van der Waals surface area contributed by atoms with Crippen molar-refractivity contribution in [3.63, 3.8) is 0 Å². The largest absolute Gasteiger partial charge is 0.469 e. The van der Waals surface area contributed by atoms with E-state index >= 15 is 0 Å². The number of nitrogens with zero attached hydrogens (tertiary/aromatic N) is 2. The van der Waals surface area contributed by atoms with E-state index in [2.05, 4.69) is 15.2 Å². The minimum atomic E-state index is -0.389. The summed E-state index contributed by atoms with van der Waals surface area (Å²) in [5, 5.41) is 7.18. The number of esters is 1. The van der Waals surface area contributed by atoms with E-state index in [4.69, 9.17) is 0 Å². The molecule has 0 bridgehead atoms. The van der Waals surface area contributed by atoms with Crippen molar-refractivity contribution in [3.8, 4) is 0 Å². The van der Waals surface area contributed by atoms with Crippen LogP contribution in [0.2, 0.25) is 0 Å². The highest BCUT2D eigenvalue weighted by Gasteiger charge is 2.13. The monoisotopic (exact) mass is 303 g/mol. The van der Waals surface area contributed by atoms with Crippen LogP contribution in [0, 0.1) is 0 Å². The van der Waals surface area contributed by atoms with E-state index in [1.54, 1.807) is 31.2 Å². The van der Waals surface area contributed by atoms with Crippen molar-refractivity contribution in [2.75, 3.05) is 7.11 Å². The fourth-order valence-corrected chi connectivity index (χ4v) is 2.13. The number of hydrogen-bond donors (Lipinski definition) is 1. The summed E-state index contributed by atoms with van der Waals surface area (Å²) in [4.78, 5) is 34.9. The Morgan fingerprint density at radius 3 is 2.82 bits per heavy atom. The van der Waals surface area contributed by atoms with E-state index in [0.717, 1.165) is 0 Å². The Morgan fingerprint density at radius 1 is 1.36 bits per heavy atom. The van der Waals surface area contributed by atoms with Gasteiger partial charge >= 0.3 is 5.97 Å². The predicted octanol–water partition coefficient (Wildman–Crippen LogP) is 0.464. The fraction of sp³-hybridized carbons (Fsp3) is 0.333. The minimum Gasteiger partial charge on any atom is -0.469 e. The maximum atomic E-state index is 12.0. The molecule has 1 aromatic carbocycles. The molecule has 0 spiro atoms. The molecular formula is C15H17N3O4. The van der Waals surface area contributed by atoms with Gasteiger partial charge in [-0.25, -0.2) is 0 Å². The summed E-state index contributed by atoms with van der Waals surface area (Å²) in [7, 11) is 1.30. The maximum absolute atomic E-state index is 12.0. The number of aromatic nitrogens is 2. The Balaban J connectivity index is 2.11. The van der Waals surface area contributed by atoms with Gasteiger partial charge in [0.15, 0.2) is 0 Å². The molecule has 0 saturated heterocycles. The van der Waals surface area contributed by atoms with Crippen LogP contribution in [0.4, 0.5) is 0 Å². The van der Waals surface area contributed by atoms with Crippen LogP contribution in [0.15, 0.2) is 35.3 Å². The fourth-order valence-electron chi connectivity index (χ4n) is 2.13. The SMILES string of the molecule is COC(=O)C[C@@H](C)NC(=O)Cn1ncc(=O)c2ccccc21. The molecule has 0 aliphatic rings. The van der Waals surface area contributed by atoms with E-state index in [0.29, 0.717) is 10.9 Å². The van der Waals surface area contributed by atoms with Gasteiger partial charge in [-0.05, 0) is 19.1 Å². The lowest BCUT2D eigenvalue weighted by Gasteiger charge is -2.14. The van der Waals surface area contributed by atoms with Crippen LogP contribution in [0.5, 0.6) is 0 Å². The Morgan fingerprint density at radius 2 is 2.09 bits per heavy atom. The number of para-hydroxylation sites is 1. The lowest BCUT2D eigenvalue weighted by atomic mass is 10.2. The first-order chi connectivity index (χ1) is 10.5. The molecule has 0 unspecified atom stereocenters. The predicted molar refractivity (Wildman–Crippen MR) is 80.2 cm³/mol. The normalized spacial score (nSPS) is 11.9. The second-order valence-electron chi connectivity index (χ2n) is 4.93. The summed E-state index contributed by atoms with van der Waals surface area (Å²) in [6.45, 7) is 1.68. The van der Waals surface area contributed by atoms with Gasteiger partial charge in [-0.2, -0.15) is 5.10 Å². The summed E-state index contributed by atoms with van der Waals surface area (Å²) in [5.41, 5.74) is 0.400. The zero-order valence-electron chi connectivity index (χ0n) is 12.4. The third-order valence-corrected chi connectivity index (χ3v) is 3.16. The number of benzene rings is 1. The van der Waals surface area contributed by atoms with Gasteiger partial charge in [-0.3, -0.25) is 19.1 Å². The van der Waals surface area contributed by atoms with Crippen molar-refractivity contribution in [1.82, 2.24) is 15.1 Å². The van der Waals surface area contributed by atoms with Gasteiger partial charge in [-0.15, -0.1) is 0 Å². The topological polar surface area (TPSA) is 90.3 Å². The molecule has 1 heterocycles. The zero-order chi connectivity index (χ0) is 16.1. The lowest BCUT2D eigenvalue weighted by Crippen LogP contribution is -2.37. The molecule has 1 aromatic heterocycles. The van der Waals surface area contributed by atoms with Crippen LogP contribution in [-0.2, 0) is 20.9 Å². The lowest BCUT2D eigenvalue weighted by molar-refractivity contribution is -0.141. The molecule has 1 atom stereocenters. The van der Waals surface area contributed by atoms with Gasteiger partial charge in [0.25, 0.3) is 0 Å². The molecule has 116 valence electrons. The van der Waals surface area contributed by atoms with Crippen molar-refractivity contribution in [1.29, 1.82) is 0 Å². The van der Waals surface area contributed by atoms with Crippen molar-refractivity contribution < 1.29 is 14.3 Å². The first-order valence-corrected chi connectivity index (χ1v) is 6.82. The van der Waals surface area contributed by atoms with E-state index < -0.39 is 0 Å². The van der Waals surface area contributed by atoms with Gasteiger partial charge in [0.05, 0.1) is 25.2 Å². The first kappa shape index (κ1) is 15.7. The number of amides is 1. The number of hydrogen-bond acceptors (Lipinski definition) is 5. The quantitative estimate of drug-likeness (QED) is 0.811. The van der Waals surface area contributed by atoms with Gasteiger partial charge in [0, 0.05) is 11.4 Å². The third-order valence-electron chi connectivity index (χ3n) is 3.16. The summed E-state index contributed by atoms with van der Waals surface area (Å²) >= 11 is 0. The van der Waals surface area contributed by atoms with Crippen LogP contribution in [0.25, 0.3) is 10.9 Å². The third kappa shape index (κ3) is 3.69. The standard InChI is InChI=1S/C15H17N3O4/c1-10(7-15(21)22-2)17-14(20)9-18-12-6-4-3-5-11(12)13(19)8-16-18/h3-6,8,10H,7,9H2,1-2H3,(H,17,20)/t10-/m1/s1.